The predicted octanol–water partition coefficient (Wildman–Crippen LogP) is 1.06. The smallest absolute Gasteiger partial charge is 0.328 e. The molecule has 142 valence electrons. The second-order valence-electron chi connectivity index (χ2n) is 6.78. The molecule has 0 aliphatic carbocycles. The zero-order chi connectivity index (χ0) is 19.4. The molecule has 0 unspecified atom stereocenters. The summed E-state index contributed by atoms with van der Waals surface area (Å²) in [6.07, 6.45) is 6.26. The number of hydrogen-bond donors (Lipinski definition) is 2. The first-order valence-electron chi connectivity index (χ1n) is 8.71. The number of aliphatic carboxylic acids is 1. The monoisotopic (exact) mass is 370 g/mol. The minimum absolute atomic E-state index is 0.152. The van der Waals surface area contributed by atoms with Crippen LogP contribution in [0.4, 0.5) is 5.69 Å². The fraction of sp³-hybridized carbons (Fsp3) is 0.368. The molecule has 0 saturated carbocycles. The lowest BCUT2D eigenvalue weighted by Crippen LogP contribution is -2.51. The number of nitrogens with zero attached hydrogens (tertiary/aromatic N) is 4. The van der Waals surface area contributed by atoms with E-state index in [1.165, 1.54) is 4.90 Å². The molecule has 2 aromatic rings. The normalized spacial score (nSPS) is 16.6. The van der Waals surface area contributed by atoms with Crippen LogP contribution in [0.5, 0.6) is 0 Å². The second kappa shape index (κ2) is 7.71. The van der Waals surface area contributed by atoms with Crippen LogP contribution in [0.2, 0.25) is 0 Å². The SMILES string of the molecule is CN(CC1(O)CCN(c2ccnc3cccnc23)CC1)C(=O)/C=C/C(=O)O. The van der Waals surface area contributed by atoms with Gasteiger partial charge in [0.15, 0.2) is 0 Å². The molecule has 0 bridgehead atoms. The second-order valence-corrected chi connectivity index (χ2v) is 6.78. The summed E-state index contributed by atoms with van der Waals surface area (Å²) in [4.78, 5) is 34.7. The number of piperidine rings is 1. The Bertz CT molecular complexity index is 870. The molecule has 1 saturated heterocycles. The maximum atomic E-state index is 11.9. The van der Waals surface area contributed by atoms with Crippen LogP contribution < -0.4 is 4.90 Å². The third-order valence-corrected chi connectivity index (χ3v) is 4.79. The molecule has 1 amide bonds. The number of hydrogen-bond acceptors (Lipinski definition) is 6. The van der Waals surface area contributed by atoms with Crippen molar-refractivity contribution in [1.29, 1.82) is 0 Å². The van der Waals surface area contributed by atoms with Gasteiger partial charge in [0.05, 0.1) is 16.8 Å². The summed E-state index contributed by atoms with van der Waals surface area (Å²) in [6.45, 7) is 1.40. The molecule has 3 rings (SSSR count). The molecule has 8 nitrogen and oxygen atoms in total. The number of pyridine rings is 2. The van der Waals surface area contributed by atoms with E-state index in [1.807, 2.05) is 18.2 Å². The van der Waals surface area contributed by atoms with Gasteiger partial charge in [-0.3, -0.25) is 14.8 Å². The van der Waals surface area contributed by atoms with Gasteiger partial charge >= 0.3 is 5.97 Å². The van der Waals surface area contributed by atoms with Crippen LogP contribution in [0.15, 0.2) is 42.7 Å². The highest BCUT2D eigenvalue weighted by atomic mass is 16.4. The van der Waals surface area contributed by atoms with Crippen molar-refractivity contribution < 1.29 is 19.8 Å². The molecule has 8 heteroatoms. The Kier molecular flexibility index (Phi) is 5.36. The Morgan fingerprint density at radius 1 is 1.22 bits per heavy atom. The van der Waals surface area contributed by atoms with Crippen LogP contribution in [-0.2, 0) is 9.59 Å². The van der Waals surface area contributed by atoms with Crippen LogP contribution in [-0.4, -0.2) is 69.2 Å². The van der Waals surface area contributed by atoms with Crippen molar-refractivity contribution in [2.24, 2.45) is 0 Å². The molecule has 2 aromatic heterocycles. The fourth-order valence-electron chi connectivity index (χ4n) is 3.33. The first-order chi connectivity index (χ1) is 12.9. The van der Waals surface area contributed by atoms with Gasteiger partial charge in [-0.05, 0) is 31.0 Å². The van der Waals surface area contributed by atoms with Gasteiger partial charge in [0.1, 0.15) is 5.52 Å². The molecule has 0 aromatic carbocycles. The largest absolute Gasteiger partial charge is 0.478 e. The number of anilines is 1. The number of fused-ring (bicyclic) bond motifs is 1. The number of carboxylic acids is 1. The van der Waals surface area contributed by atoms with Crippen molar-refractivity contribution in [2.75, 3.05) is 31.6 Å². The summed E-state index contributed by atoms with van der Waals surface area (Å²) in [7, 11) is 1.55. The van der Waals surface area contributed by atoms with Crippen LogP contribution in [0, 0.1) is 0 Å². The van der Waals surface area contributed by atoms with Crippen LogP contribution in [0.25, 0.3) is 11.0 Å². The van der Waals surface area contributed by atoms with Gasteiger partial charge in [-0.1, -0.05) is 0 Å². The summed E-state index contributed by atoms with van der Waals surface area (Å²) in [5.41, 5.74) is 1.63. The number of carbonyl (C=O) groups is 2. The van der Waals surface area contributed by atoms with Crippen molar-refractivity contribution in [2.45, 2.75) is 18.4 Å². The van der Waals surface area contributed by atoms with Gasteiger partial charge in [0.2, 0.25) is 5.91 Å². The third kappa shape index (κ3) is 4.40. The minimum atomic E-state index is -1.18. The highest BCUT2D eigenvalue weighted by molar-refractivity contribution is 5.93. The van der Waals surface area contributed by atoms with E-state index in [0.717, 1.165) is 28.9 Å². The van der Waals surface area contributed by atoms with Gasteiger partial charge in [-0.2, -0.15) is 0 Å². The van der Waals surface area contributed by atoms with Crippen molar-refractivity contribution in [1.82, 2.24) is 14.9 Å². The lowest BCUT2D eigenvalue weighted by Gasteiger charge is -2.41. The van der Waals surface area contributed by atoms with E-state index >= 15 is 0 Å². The maximum absolute atomic E-state index is 11.9. The van der Waals surface area contributed by atoms with Crippen molar-refractivity contribution >= 4 is 28.6 Å². The average Bonchev–Trinajstić information content (AvgIpc) is 2.66. The molecular weight excluding hydrogens is 348 g/mol. The molecule has 0 spiro atoms. The number of rotatable bonds is 5. The molecular formula is C19H22N4O4. The number of carbonyl (C=O) groups excluding carboxylic acids is 1. The summed E-state index contributed by atoms with van der Waals surface area (Å²) in [5.74, 6) is -1.63. The minimum Gasteiger partial charge on any atom is -0.478 e. The maximum Gasteiger partial charge on any atom is 0.328 e. The van der Waals surface area contributed by atoms with E-state index < -0.39 is 17.5 Å². The Hall–Kier alpha value is -3.00. The van der Waals surface area contributed by atoms with Gasteiger partial charge < -0.3 is 20.0 Å². The molecule has 2 N–H and O–H groups in total. The number of carboxylic acid groups (broad SMARTS) is 1. The quantitative estimate of drug-likeness (QED) is 0.758. The first kappa shape index (κ1) is 18.8. The molecule has 3 heterocycles. The van der Waals surface area contributed by atoms with Crippen LogP contribution >= 0.6 is 0 Å². The number of aromatic nitrogens is 2. The Morgan fingerprint density at radius 3 is 2.67 bits per heavy atom. The highest BCUT2D eigenvalue weighted by Gasteiger charge is 2.34. The van der Waals surface area contributed by atoms with E-state index in [4.69, 9.17) is 5.11 Å². The van der Waals surface area contributed by atoms with Crippen molar-refractivity contribution in [3.8, 4) is 0 Å². The number of aliphatic hydroxyl groups is 1. The van der Waals surface area contributed by atoms with E-state index in [-0.39, 0.29) is 6.54 Å². The molecule has 1 aliphatic heterocycles. The zero-order valence-corrected chi connectivity index (χ0v) is 15.1. The predicted molar refractivity (Wildman–Crippen MR) is 100 cm³/mol. The summed E-state index contributed by atoms with van der Waals surface area (Å²) in [5, 5.41) is 19.5. The Morgan fingerprint density at radius 2 is 1.96 bits per heavy atom. The van der Waals surface area contributed by atoms with E-state index in [2.05, 4.69) is 14.9 Å². The van der Waals surface area contributed by atoms with E-state index in [0.29, 0.717) is 25.9 Å². The van der Waals surface area contributed by atoms with Crippen molar-refractivity contribution in [3.05, 3.63) is 42.7 Å². The van der Waals surface area contributed by atoms with Crippen LogP contribution in [0.3, 0.4) is 0 Å². The van der Waals surface area contributed by atoms with E-state index in [9.17, 15) is 14.7 Å². The van der Waals surface area contributed by atoms with Gasteiger partial charge in [0, 0.05) is 51.2 Å². The summed E-state index contributed by atoms with van der Waals surface area (Å²) in [6, 6.07) is 5.68. The van der Waals surface area contributed by atoms with Gasteiger partial charge in [-0.15, -0.1) is 0 Å². The topological polar surface area (TPSA) is 107 Å². The highest BCUT2D eigenvalue weighted by Crippen LogP contribution is 2.30. The molecule has 1 aliphatic rings. The summed E-state index contributed by atoms with van der Waals surface area (Å²) >= 11 is 0. The van der Waals surface area contributed by atoms with Crippen LogP contribution in [0.1, 0.15) is 12.8 Å². The molecule has 0 radical (unpaired) electrons. The Labute approximate surface area is 156 Å². The molecule has 0 atom stereocenters. The Balaban J connectivity index is 1.65. The first-order valence-corrected chi connectivity index (χ1v) is 8.71. The summed E-state index contributed by atoms with van der Waals surface area (Å²) < 4.78 is 0. The average molecular weight is 370 g/mol. The van der Waals surface area contributed by atoms with Gasteiger partial charge in [-0.25, -0.2) is 4.79 Å². The zero-order valence-electron chi connectivity index (χ0n) is 15.1. The fourth-order valence-corrected chi connectivity index (χ4v) is 3.33. The lowest BCUT2D eigenvalue weighted by molar-refractivity contribution is -0.132. The lowest BCUT2D eigenvalue weighted by atomic mass is 9.90. The van der Waals surface area contributed by atoms with E-state index in [1.54, 1.807) is 19.4 Å². The van der Waals surface area contributed by atoms with Crippen molar-refractivity contribution in [3.63, 3.8) is 0 Å². The number of likely N-dealkylation sites (N-methyl/N-ethyl adjacent to an activating group) is 1. The third-order valence-electron chi connectivity index (χ3n) is 4.79. The standard InChI is InChI=1S/C19H22N4O4/c1-22(16(24)4-5-17(25)26)13-19(27)7-11-23(12-8-19)15-6-10-20-14-3-2-9-21-18(14)15/h2-6,9-10,27H,7-8,11-13H2,1H3,(H,25,26)/b5-4+. The van der Waals surface area contributed by atoms with Gasteiger partial charge in [0.25, 0.3) is 0 Å². The molecule has 27 heavy (non-hydrogen) atoms. The molecule has 1 fully saturated rings. The number of amides is 1.